The Morgan fingerprint density at radius 3 is 2.70 bits per heavy atom. The van der Waals surface area contributed by atoms with Gasteiger partial charge in [-0.25, -0.2) is 4.39 Å². The molecule has 0 radical (unpaired) electrons. The largest absolute Gasteiger partial charge is 0.380 e. The molecule has 0 atom stereocenters. The Labute approximate surface area is 125 Å². The molecule has 5 heteroatoms. The van der Waals surface area contributed by atoms with Crippen LogP contribution in [0.3, 0.4) is 0 Å². The average molecular weight is 337 g/mol. The first-order chi connectivity index (χ1) is 9.56. The van der Waals surface area contributed by atoms with Gasteiger partial charge < -0.3 is 10.6 Å². The predicted molar refractivity (Wildman–Crippen MR) is 82.2 cm³/mol. The smallest absolute Gasteiger partial charge is 0.221 e. The molecule has 2 aromatic rings. The van der Waals surface area contributed by atoms with E-state index in [1.54, 1.807) is 6.07 Å². The zero-order chi connectivity index (χ0) is 14.5. The van der Waals surface area contributed by atoms with E-state index in [-0.39, 0.29) is 11.7 Å². The molecule has 0 aliphatic rings. The third-order valence-electron chi connectivity index (χ3n) is 2.73. The van der Waals surface area contributed by atoms with E-state index in [1.807, 2.05) is 24.3 Å². The van der Waals surface area contributed by atoms with Gasteiger partial charge in [-0.15, -0.1) is 0 Å². The highest BCUT2D eigenvalue weighted by atomic mass is 79.9. The molecule has 0 saturated heterocycles. The first-order valence-electron chi connectivity index (χ1n) is 6.10. The van der Waals surface area contributed by atoms with Crippen molar-refractivity contribution in [3.63, 3.8) is 0 Å². The van der Waals surface area contributed by atoms with Gasteiger partial charge in [-0.3, -0.25) is 4.79 Å². The molecule has 0 aromatic heterocycles. The fourth-order valence-corrected chi connectivity index (χ4v) is 2.20. The molecule has 2 aromatic carbocycles. The van der Waals surface area contributed by atoms with Crippen LogP contribution < -0.4 is 10.6 Å². The molecule has 1 amide bonds. The summed E-state index contributed by atoms with van der Waals surface area (Å²) in [6.45, 7) is 1.95. The van der Waals surface area contributed by atoms with Gasteiger partial charge in [0.1, 0.15) is 5.82 Å². The van der Waals surface area contributed by atoms with Crippen molar-refractivity contribution in [1.29, 1.82) is 0 Å². The van der Waals surface area contributed by atoms with E-state index < -0.39 is 0 Å². The number of anilines is 2. The topological polar surface area (TPSA) is 41.1 Å². The van der Waals surface area contributed by atoms with Crippen LogP contribution in [0.4, 0.5) is 15.8 Å². The van der Waals surface area contributed by atoms with Gasteiger partial charge in [-0.2, -0.15) is 0 Å². The minimum Gasteiger partial charge on any atom is -0.380 e. The van der Waals surface area contributed by atoms with Crippen molar-refractivity contribution in [1.82, 2.24) is 0 Å². The molecule has 104 valence electrons. The molecule has 0 saturated carbocycles. The molecule has 2 rings (SSSR count). The minimum atomic E-state index is -0.300. The van der Waals surface area contributed by atoms with Crippen LogP contribution in [-0.4, -0.2) is 5.91 Å². The highest BCUT2D eigenvalue weighted by molar-refractivity contribution is 9.10. The molecule has 0 bridgehead atoms. The third-order valence-corrected chi connectivity index (χ3v) is 3.42. The van der Waals surface area contributed by atoms with Crippen molar-refractivity contribution in [3.8, 4) is 0 Å². The third kappa shape index (κ3) is 3.81. The lowest BCUT2D eigenvalue weighted by atomic mass is 10.1. The summed E-state index contributed by atoms with van der Waals surface area (Å²) in [6, 6.07) is 11.9. The summed E-state index contributed by atoms with van der Waals surface area (Å²) in [4.78, 5) is 11.1. The number of benzene rings is 2. The number of hydrogen-bond acceptors (Lipinski definition) is 2. The molecular weight excluding hydrogens is 323 g/mol. The molecule has 0 aliphatic carbocycles. The molecule has 0 heterocycles. The zero-order valence-corrected chi connectivity index (χ0v) is 12.5. The zero-order valence-electron chi connectivity index (χ0n) is 10.9. The number of hydrogen-bond donors (Lipinski definition) is 2. The lowest BCUT2D eigenvalue weighted by molar-refractivity contribution is -0.114. The van der Waals surface area contributed by atoms with E-state index in [1.165, 1.54) is 19.1 Å². The second-order valence-electron chi connectivity index (χ2n) is 4.32. The van der Waals surface area contributed by atoms with Gasteiger partial charge in [-0.05, 0) is 45.8 Å². The molecule has 0 unspecified atom stereocenters. The summed E-state index contributed by atoms with van der Waals surface area (Å²) < 4.78 is 14.0. The maximum absolute atomic E-state index is 13.2. The van der Waals surface area contributed by atoms with Gasteiger partial charge in [0, 0.05) is 23.6 Å². The number of carbonyl (C=O) groups is 1. The normalized spacial score (nSPS) is 10.2. The van der Waals surface area contributed by atoms with Gasteiger partial charge in [0.05, 0.1) is 5.69 Å². The number of nitrogens with one attached hydrogen (secondary N) is 2. The number of carbonyl (C=O) groups excluding carboxylic acids is 1. The van der Waals surface area contributed by atoms with E-state index in [9.17, 15) is 9.18 Å². The number of amides is 1. The van der Waals surface area contributed by atoms with Crippen molar-refractivity contribution in [2.45, 2.75) is 13.5 Å². The second-order valence-corrected chi connectivity index (χ2v) is 5.17. The van der Waals surface area contributed by atoms with Gasteiger partial charge in [0.25, 0.3) is 0 Å². The Morgan fingerprint density at radius 2 is 1.95 bits per heavy atom. The quantitative estimate of drug-likeness (QED) is 0.880. The van der Waals surface area contributed by atoms with E-state index in [2.05, 4.69) is 26.6 Å². The van der Waals surface area contributed by atoms with Crippen molar-refractivity contribution >= 4 is 33.2 Å². The van der Waals surface area contributed by atoms with Crippen LogP contribution in [0.5, 0.6) is 0 Å². The standard InChI is InChI=1S/C15H14BrFN2O/c1-10(20)19-14-5-3-2-4-11(14)9-18-15-8-12(17)6-7-13(15)16/h2-8,18H,9H2,1H3,(H,19,20). The van der Waals surface area contributed by atoms with Crippen LogP contribution in [0.1, 0.15) is 12.5 Å². The summed E-state index contributed by atoms with van der Waals surface area (Å²) in [5.41, 5.74) is 2.35. The van der Waals surface area contributed by atoms with E-state index in [4.69, 9.17) is 0 Å². The van der Waals surface area contributed by atoms with Crippen LogP contribution in [0, 0.1) is 5.82 Å². The van der Waals surface area contributed by atoms with E-state index in [0.29, 0.717) is 12.2 Å². The van der Waals surface area contributed by atoms with Crippen molar-refractivity contribution in [2.75, 3.05) is 10.6 Å². The predicted octanol–water partition coefficient (Wildman–Crippen LogP) is 4.16. The summed E-state index contributed by atoms with van der Waals surface area (Å²) in [6.07, 6.45) is 0. The van der Waals surface area contributed by atoms with Crippen LogP contribution in [0.25, 0.3) is 0 Å². The molecule has 0 spiro atoms. The Balaban J connectivity index is 2.14. The molecule has 0 aliphatic heterocycles. The van der Waals surface area contributed by atoms with E-state index in [0.717, 1.165) is 15.7 Å². The summed E-state index contributed by atoms with van der Waals surface area (Å²) in [7, 11) is 0. The fraction of sp³-hybridized carbons (Fsp3) is 0.133. The van der Waals surface area contributed by atoms with Gasteiger partial charge in [0.15, 0.2) is 0 Å². The lowest BCUT2D eigenvalue weighted by Gasteiger charge is -2.12. The molecule has 3 nitrogen and oxygen atoms in total. The Kier molecular flexibility index (Phi) is 4.74. The molecule has 2 N–H and O–H groups in total. The first kappa shape index (κ1) is 14.5. The SMILES string of the molecule is CC(=O)Nc1ccccc1CNc1cc(F)ccc1Br. The minimum absolute atomic E-state index is 0.121. The van der Waals surface area contributed by atoms with Gasteiger partial charge >= 0.3 is 0 Å². The highest BCUT2D eigenvalue weighted by Crippen LogP contribution is 2.24. The van der Waals surface area contributed by atoms with E-state index >= 15 is 0 Å². The van der Waals surface area contributed by atoms with Crippen LogP contribution >= 0.6 is 15.9 Å². The Hall–Kier alpha value is -1.88. The second kappa shape index (κ2) is 6.52. The molecular formula is C15H14BrFN2O. The maximum atomic E-state index is 13.2. The monoisotopic (exact) mass is 336 g/mol. The number of rotatable bonds is 4. The Morgan fingerprint density at radius 1 is 1.20 bits per heavy atom. The van der Waals surface area contributed by atoms with Crippen molar-refractivity contribution < 1.29 is 9.18 Å². The summed E-state index contributed by atoms with van der Waals surface area (Å²) in [5.74, 6) is -0.421. The van der Waals surface area contributed by atoms with Crippen LogP contribution in [0.15, 0.2) is 46.9 Å². The lowest BCUT2D eigenvalue weighted by Crippen LogP contribution is -2.10. The molecule has 20 heavy (non-hydrogen) atoms. The van der Waals surface area contributed by atoms with Gasteiger partial charge in [0.2, 0.25) is 5.91 Å². The van der Waals surface area contributed by atoms with Gasteiger partial charge in [-0.1, -0.05) is 18.2 Å². The van der Waals surface area contributed by atoms with Crippen molar-refractivity contribution in [2.24, 2.45) is 0 Å². The van der Waals surface area contributed by atoms with Crippen LogP contribution in [0.2, 0.25) is 0 Å². The number of para-hydroxylation sites is 1. The fourth-order valence-electron chi connectivity index (χ4n) is 1.81. The number of halogens is 2. The van der Waals surface area contributed by atoms with Crippen LogP contribution in [-0.2, 0) is 11.3 Å². The summed E-state index contributed by atoms with van der Waals surface area (Å²) >= 11 is 3.36. The first-order valence-corrected chi connectivity index (χ1v) is 6.90. The molecule has 0 fully saturated rings. The summed E-state index contributed by atoms with van der Waals surface area (Å²) in [5, 5.41) is 5.92. The Bertz CT molecular complexity index is 631. The van der Waals surface area contributed by atoms with Crippen molar-refractivity contribution in [3.05, 3.63) is 58.3 Å². The average Bonchev–Trinajstić information content (AvgIpc) is 2.41. The maximum Gasteiger partial charge on any atom is 0.221 e. The highest BCUT2D eigenvalue weighted by Gasteiger charge is 2.05.